The summed E-state index contributed by atoms with van der Waals surface area (Å²) in [5.41, 5.74) is 1.22. The van der Waals surface area contributed by atoms with Crippen LogP contribution in [0.1, 0.15) is 23.2 Å². The van der Waals surface area contributed by atoms with Gasteiger partial charge in [-0.1, -0.05) is 41.6 Å². The molecule has 2 aromatic carbocycles. The summed E-state index contributed by atoms with van der Waals surface area (Å²) in [5, 5.41) is 4.00. The maximum absolute atomic E-state index is 13.1. The molecule has 0 aliphatic carbocycles. The Labute approximate surface area is 157 Å². The Morgan fingerprint density at radius 1 is 1.04 bits per heavy atom. The minimum Gasteiger partial charge on any atom is -0.496 e. The molecule has 0 aliphatic rings. The zero-order valence-electron chi connectivity index (χ0n) is 15.5. The third-order valence-corrected chi connectivity index (χ3v) is 4.14. The van der Waals surface area contributed by atoms with Gasteiger partial charge in [0.05, 0.1) is 14.2 Å². The molecule has 0 radical (unpaired) electrons. The molecule has 0 saturated heterocycles. The third-order valence-electron chi connectivity index (χ3n) is 4.14. The Bertz CT molecular complexity index is 886. The van der Waals surface area contributed by atoms with Crippen molar-refractivity contribution in [3.63, 3.8) is 0 Å². The van der Waals surface area contributed by atoms with Crippen molar-refractivity contribution < 1.29 is 18.8 Å². The van der Waals surface area contributed by atoms with Gasteiger partial charge in [-0.2, -0.15) is 4.98 Å². The Morgan fingerprint density at radius 2 is 1.70 bits per heavy atom. The normalized spacial score (nSPS) is 10.5. The number of rotatable bonds is 7. The van der Waals surface area contributed by atoms with Crippen LogP contribution in [0, 0.1) is 0 Å². The van der Waals surface area contributed by atoms with Crippen molar-refractivity contribution in [3.8, 4) is 22.9 Å². The number of hydrogen-bond donors (Lipinski definition) is 0. The Balaban J connectivity index is 1.84. The largest absolute Gasteiger partial charge is 0.496 e. The molecular formula is C20H21N3O4. The Morgan fingerprint density at radius 3 is 2.30 bits per heavy atom. The molecule has 3 rings (SSSR count). The first-order chi connectivity index (χ1) is 13.2. The molecule has 140 valence electrons. The number of nitrogens with zero attached hydrogens (tertiary/aromatic N) is 3. The summed E-state index contributed by atoms with van der Waals surface area (Å²) in [4.78, 5) is 19.1. The molecule has 3 aromatic rings. The molecule has 0 N–H and O–H groups in total. The highest BCUT2D eigenvalue weighted by molar-refractivity contribution is 5.99. The fraction of sp³-hybridized carbons (Fsp3) is 0.250. The number of methoxy groups -OCH3 is 2. The highest BCUT2D eigenvalue weighted by Gasteiger charge is 2.24. The van der Waals surface area contributed by atoms with E-state index in [0.717, 1.165) is 5.56 Å². The van der Waals surface area contributed by atoms with Crippen LogP contribution in [0.4, 0.5) is 0 Å². The van der Waals surface area contributed by atoms with E-state index in [9.17, 15) is 4.79 Å². The zero-order chi connectivity index (χ0) is 19.2. The number of carbonyl (C=O) groups excluding carboxylic acids is 1. The van der Waals surface area contributed by atoms with E-state index in [0.29, 0.717) is 35.3 Å². The van der Waals surface area contributed by atoms with Gasteiger partial charge in [0.15, 0.2) is 0 Å². The molecule has 1 heterocycles. The standard InChI is InChI=1S/C20H21N3O4/c1-4-23(20(24)18-15(25-2)11-8-12-16(18)26-3)13-17-21-19(22-27-17)14-9-6-5-7-10-14/h5-12H,4,13H2,1-3H3. The monoisotopic (exact) mass is 367 g/mol. The average molecular weight is 367 g/mol. The van der Waals surface area contributed by atoms with Crippen molar-refractivity contribution in [2.75, 3.05) is 20.8 Å². The smallest absolute Gasteiger partial charge is 0.261 e. The number of aromatic nitrogens is 2. The van der Waals surface area contributed by atoms with Gasteiger partial charge in [-0.25, -0.2) is 0 Å². The van der Waals surface area contributed by atoms with Gasteiger partial charge in [-0.3, -0.25) is 4.79 Å². The zero-order valence-corrected chi connectivity index (χ0v) is 15.5. The van der Waals surface area contributed by atoms with Crippen LogP contribution < -0.4 is 9.47 Å². The highest BCUT2D eigenvalue weighted by Crippen LogP contribution is 2.30. The van der Waals surface area contributed by atoms with Gasteiger partial charge in [-0.05, 0) is 19.1 Å². The Kier molecular flexibility index (Phi) is 5.71. The van der Waals surface area contributed by atoms with E-state index in [1.165, 1.54) is 14.2 Å². The summed E-state index contributed by atoms with van der Waals surface area (Å²) < 4.78 is 16.0. The lowest BCUT2D eigenvalue weighted by Gasteiger charge is -2.21. The van der Waals surface area contributed by atoms with Gasteiger partial charge in [0.1, 0.15) is 23.6 Å². The van der Waals surface area contributed by atoms with Crippen molar-refractivity contribution >= 4 is 5.91 Å². The second-order valence-corrected chi connectivity index (χ2v) is 5.73. The van der Waals surface area contributed by atoms with Crippen LogP contribution >= 0.6 is 0 Å². The number of hydrogen-bond acceptors (Lipinski definition) is 6. The predicted octanol–water partition coefficient (Wildman–Crippen LogP) is 3.42. The van der Waals surface area contributed by atoms with Crippen molar-refractivity contribution in [1.29, 1.82) is 0 Å². The molecule has 1 aromatic heterocycles. The van der Waals surface area contributed by atoms with Crippen molar-refractivity contribution in [2.24, 2.45) is 0 Å². The van der Waals surface area contributed by atoms with Gasteiger partial charge in [0, 0.05) is 12.1 Å². The molecule has 0 unspecified atom stereocenters. The summed E-state index contributed by atoms with van der Waals surface area (Å²) in [6, 6.07) is 14.8. The molecule has 0 atom stereocenters. The quantitative estimate of drug-likeness (QED) is 0.637. The first kappa shape index (κ1) is 18.4. The van der Waals surface area contributed by atoms with Crippen LogP contribution in [0.5, 0.6) is 11.5 Å². The van der Waals surface area contributed by atoms with Crippen LogP contribution in [0.3, 0.4) is 0 Å². The number of amides is 1. The van der Waals surface area contributed by atoms with Gasteiger partial charge in [0.25, 0.3) is 5.91 Å². The molecule has 0 saturated carbocycles. The van der Waals surface area contributed by atoms with Gasteiger partial charge in [0.2, 0.25) is 11.7 Å². The molecule has 0 fully saturated rings. The first-order valence-electron chi connectivity index (χ1n) is 8.56. The second-order valence-electron chi connectivity index (χ2n) is 5.73. The number of benzene rings is 2. The molecule has 0 aliphatic heterocycles. The van der Waals surface area contributed by atoms with Crippen LogP contribution in [-0.4, -0.2) is 41.7 Å². The van der Waals surface area contributed by atoms with E-state index in [2.05, 4.69) is 10.1 Å². The SMILES string of the molecule is CCN(Cc1nc(-c2ccccc2)no1)C(=O)c1c(OC)cccc1OC. The Hall–Kier alpha value is -3.35. The van der Waals surface area contributed by atoms with Crippen LogP contribution in [0.15, 0.2) is 53.1 Å². The molecule has 27 heavy (non-hydrogen) atoms. The van der Waals surface area contributed by atoms with Crippen molar-refractivity contribution in [3.05, 3.63) is 60.0 Å². The third kappa shape index (κ3) is 3.92. The van der Waals surface area contributed by atoms with Gasteiger partial charge < -0.3 is 18.9 Å². The van der Waals surface area contributed by atoms with E-state index in [1.54, 1.807) is 23.1 Å². The van der Waals surface area contributed by atoms with Crippen LogP contribution in [0.2, 0.25) is 0 Å². The van der Waals surface area contributed by atoms with E-state index in [1.807, 2.05) is 37.3 Å². The predicted molar refractivity (Wildman–Crippen MR) is 99.7 cm³/mol. The lowest BCUT2D eigenvalue weighted by atomic mass is 10.1. The molecule has 0 spiro atoms. The maximum Gasteiger partial charge on any atom is 0.261 e. The van der Waals surface area contributed by atoms with Gasteiger partial charge >= 0.3 is 0 Å². The lowest BCUT2D eigenvalue weighted by molar-refractivity contribution is 0.0727. The molecule has 7 nitrogen and oxygen atoms in total. The summed E-state index contributed by atoms with van der Waals surface area (Å²) in [5.74, 6) is 1.52. The van der Waals surface area contributed by atoms with Crippen LogP contribution in [0.25, 0.3) is 11.4 Å². The van der Waals surface area contributed by atoms with Crippen LogP contribution in [-0.2, 0) is 6.54 Å². The van der Waals surface area contributed by atoms with E-state index in [4.69, 9.17) is 14.0 Å². The van der Waals surface area contributed by atoms with E-state index >= 15 is 0 Å². The number of carbonyl (C=O) groups is 1. The fourth-order valence-electron chi connectivity index (χ4n) is 2.73. The second kappa shape index (κ2) is 8.35. The first-order valence-corrected chi connectivity index (χ1v) is 8.56. The topological polar surface area (TPSA) is 77.7 Å². The molecule has 0 bridgehead atoms. The van der Waals surface area contributed by atoms with E-state index < -0.39 is 0 Å². The molecule has 7 heteroatoms. The lowest BCUT2D eigenvalue weighted by Crippen LogP contribution is -2.31. The van der Waals surface area contributed by atoms with Gasteiger partial charge in [-0.15, -0.1) is 0 Å². The minimum atomic E-state index is -0.230. The number of ether oxygens (including phenoxy) is 2. The molecular weight excluding hydrogens is 346 g/mol. The summed E-state index contributed by atoms with van der Waals surface area (Å²) in [7, 11) is 3.04. The summed E-state index contributed by atoms with van der Waals surface area (Å²) in [6.45, 7) is 2.54. The van der Waals surface area contributed by atoms with Crippen molar-refractivity contribution in [2.45, 2.75) is 13.5 Å². The molecule has 1 amide bonds. The van der Waals surface area contributed by atoms with Crippen molar-refractivity contribution in [1.82, 2.24) is 15.0 Å². The highest BCUT2D eigenvalue weighted by atomic mass is 16.5. The summed E-state index contributed by atoms with van der Waals surface area (Å²) in [6.07, 6.45) is 0. The maximum atomic E-state index is 13.1. The summed E-state index contributed by atoms with van der Waals surface area (Å²) >= 11 is 0. The fourth-order valence-corrected chi connectivity index (χ4v) is 2.73. The minimum absolute atomic E-state index is 0.191. The average Bonchev–Trinajstić information content (AvgIpc) is 3.20. The van der Waals surface area contributed by atoms with E-state index in [-0.39, 0.29) is 12.5 Å².